The van der Waals surface area contributed by atoms with E-state index in [2.05, 4.69) is 56.6 Å². The molecule has 2 aromatic carbocycles. The first-order valence-electron chi connectivity index (χ1n) is 8.29. The fourth-order valence-electron chi connectivity index (χ4n) is 3.24. The standard InChI is InChI=1S/C19H20BrN3O/c20-17-8-6-16(7-9-17)18-21-19(24-22-18)10-12-23(13-11-19)14-15-4-2-1-3-5-15/h1-9H,10-14H2,(H,21,22). The zero-order valence-electron chi connectivity index (χ0n) is 13.4. The largest absolute Gasteiger partial charge is 0.299 e. The van der Waals surface area contributed by atoms with Crippen LogP contribution in [-0.2, 0) is 11.4 Å². The van der Waals surface area contributed by atoms with Gasteiger partial charge in [-0.15, -0.1) is 0 Å². The van der Waals surface area contributed by atoms with Crippen molar-refractivity contribution in [3.8, 4) is 0 Å². The average molecular weight is 386 g/mol. The maximum Gasteiger partial charge on any atom is 0.190 e. The van der Waals surface area contributed by atoms with Crippen LogP contribution < -0.4 is 5.48 Å². The molecule has 0 radical (unpaired) electrons. The molecule has 4 rings (SSSR count). The number of halogens is 1. The first-order valence-corrected chi connectivity index (χ1v) is 9.08. The molecule has 1 N–H and O–H groups in total. The van der Waals surface area contributed by atoms with E-state index in [-0.39, 0.29) is 0 Å². The van der Waals surface area contributed by atoms with Gasteiger partial charge < -0.3 is 0 Å². The fraction of sp³-hybridized carbons (Fsp3) is 0.316. The Morgan fingerprint density at radius 2 is 1.75 bits per heavy atom. The van der Waals surface area contributed by atoms with Gasteiger partial charge in [0, 0.05) is 42.5 Å². The first-order chi connectivity index (χ1) is 11.7. The molecule has 2 heterocycles. The minimum atomic E-state index is -0.407. The van der Waals surface area contributed by atoms with Crippen LogP contribution in [0, 0.1) is 0 Å². The number of aliphatic imine (C=N–C) groups is 1. The second kappa shape index (κ2) is 6.67. The van der Waals surface area contributed by atoms with Gasteiger partial charge in [0.2, 0.25) is 0 Å². The van der Waals surface area contributed by atoms with Gasteiger partial charge in [-0.05, 0) is 17.7 Å². The van der Waals surface area contributed by atoms with Gasteiger partial charge in [-0.1, -0.05) is 58.4 Å². The predicted octanol–water partition coefficient (Wildman–Crippen LogP) is 3.72. The van der Waals surface area contributed by atoms with Crippen molar-refractivity contribution in [2.24, 2.45) is 4.99 Å². The predicted molar refractivity (Wildman–Crippen MR) is 98.6 cm³/mol. The highest BCUT2D eigenvalue weighted by molar-refractivity contribution is 9.10. The molecule has 0 aromatic heterocycles. The maximum atomic E-state index is 5.89. The summed E-state index contributed by atoms with van der Waals surface area (Å²) in [5.41, 5.74) is 5.04. The Balaban J connectivity index is 1.41. The van der Waals surface area contributed by atoms with E-state index in [1.165, 1.54) is 5.56 Å². The van der Waals surface area contributed by atoms with Gasteiger partial charge in [0.1, 0.15) is 0 Å². The molecule has 4 nitrogen and oxygen atoms in total. The van der Waals surface area contributed by atoms with Crippen LogP contribution in [0.4, 0.5) is 0 Å². The molecule has 0 aliphatic carbocycles. The number of rotatable bonds is 3. The highest BCUT2D eigenvalue weighted by Crippen LogP contribution is 2.31. The third-order valence-electron chi connectivity index (χ3n) is 4.66. The fourth-order valence-corrected chi connectivity index (χ4v) is 3.50. The van der Waals surface area contributed by atoms with E-state index in [4.69, 9.17) is 9.83 Å². The molecule has 0 saturated carbocycles. The van der Waals surface area contributed by atoms with Crippen molar-refractivity contribution in [3.05, 3.63) is 70.2 Å². The lowest BCUT2D eigenvalue weighted by Gasteiger charge is -2.35. The molecule has 0 atom stereocenters. The molecule has 0 bridgehead atoms. The van der Waals surface area contributed by atoms with Crippen LogP contribution in [0.5, 0.6) is 0 Å². The average Bonchev–Trinajstić information content (AvgIpc) is 3.03. The molecule has 2 aliphatic rings. The van der Waals surface area contributed by atoms with E-state index in [9.17, 15) is 0 Å². The highest BCUT2D eigenvalue weighted by Gasteiger charge is 2.40. The molecular formula is C19H20BrN3O. The normalized spacial score (nSPS) is 20.0. The van der Waals surface area contributed by atoms with Crippen molar-refractivity contribution in [1.82, 2.24) is 10.4 Å². The van der Waals surface area contributed by atoms with Crippen molar-refractivity contribution >= 4 is 21.8 Å². The van der Waals surface area contributed by atoms with Crippen molar-refractivity contribution in [3.63, 3.8) is 0 Å². The van der Waals surface area contributed by atoms with Crippen molar-refractivity contribution < 1.29 is 4.84 Å². The molecular weight excluding hydrogens is 366 g/mol. The van der Waals surface area contributed by atoms with Crippen LogP contribution in [0.2, 0.25) is 0 Å². The number of nitrogens with one attached hydrogen (secondary N) is 1. The topological polar surface area (TPSA) is 36.9 Å². The maximum absolute atomic E-state index is 5.89. The van der Waals surface area contributed by atoms with Crippen molar-refractivity contribution in [2.45, 2.75) is 25.1 Å². The van der Waals surface area contributed by atoms with Gasteiger partial charge in [-0.25, -0.2) is 15.3 Å². The molecule has 5 heteroatoms. The smallest absolute Gasteiger partial charge is 0.190 e. The third kappa shape index (κ3) is 3.38. The van der Waals surface area contributed by atoms with Crippen molar-refractivity contribution in [1.29, 1.82) is 0 Å². The molecule has 2 aromatic rings. The third-order valence-corrected chi connectivity index (χ3v) is 5.19. The summed E-state index contributed by atoms with van der Waals surface area (Å²) >= 11 is 3.46. The lowest BCUT2D eigenvalue weighted by molar-refractivity contribution is -0.0901. The number of hydroxylamine groups is 1. The number of piperidine rings is 1. The van der Waals surface area contributed by atoms with Gasteiger partial charge in [-0.2, -0.15) is 0 Å². The van der Waals surface area contributed by atoms with Gasteiger partial charge in [0.05, 0.1) is 0 Å². The van der Waals surface area contributed by atoms with Gasteiger partial charge in [0.25, 0.3) is 0 Å². The Labute approximate surface area is 150 Å². The zero-order valence-corrected chi connectivity index (χ0v) is 15.0. The van der Waals surface area contributed by atoms with Crippen LogP contribution in [0.1, 0.15) is 24.0 Å². The first kappa shape index (κ1) is 15.8. The summed E-state index contributed by atoms with van der Waals surface area (Å²) in [6.45, 7) is 2.98. The second-order valence-electron chi connectivity index (χ2n) is 6.38. The van der Waals surface area contributed by atoms with E-state index in [1.54, 1.807) is 0 Å². The van der Waals surface area contributed by atoms with E-state index >= 15 is 0 Å². The van der Waals surface area contributed by atoms with Gasteiger partial charge >= 0.3 is 0 Å². The molecule has 1 saturated heterocycles. The lowest BCUT2D eigenvalue weighted by atomic mass is 10.0. The minimum absolute atomic E-state index is 0.407. The lowest BCUT2D eigenvalue weighted by Crippen LogP contribution is -2.44. The Bertz CT molecular complexity index is 722. The number of amidine groups is 1. The van der Waals surface area contributed by atoms with Crippen LogP contribution in [-0.4, -0.2) is 29.6 Å². The number of nitrogens with zero attached hydrogens (tertiary/aromatic N) is 2. The minimum Gasteiger partial charge on any atom is -0.299 e. The van der Waals surface area contributed by atoms with Crippen molar-refractivity contribution in [2.75, 3.05) is 13.1 Å². The SMILES string of the molecule is Brc1ccc(C2=NC3(CCN(Cc4ccccc4)CC3)ON2)cc1. The Morgan fingerprint density at radius 1 is 1.04 bits per heavy atom. The quantitative estimate of drug-likeness (QED) is 0.874. The molecule has 0 unspecified atom stereocenters. The van der Waals surface area contributed by atoms with Crippen LogP contribution >= 0.6 is 15.9 Å². The molecule has 24 heavy (non-hydrogen) atoms. The summed E-state index contributed by atoms with van der Waals surface area (Å²) in [4.78, 5) is 13.2. The van der Waals surface area contributed by atoms with Gasteiger partial charge in [-0.3, -0.25) is 4.90 Å². The summed E-state index contributed by atoms with van der Waals surface area (Å²) < 4.78 is 1.06. The summed E-state index contributed by atoms with van der Waals surface area (Å²) in [6, 6.07) is 18.7. The number of likely N-dealkylation sites (tertiary alicyclic amines) is 1. The number of hydrogen-bond donors (Lipinski definition) is 1. The summed E-state index contributed by atoms with van der Waals surface area (Å²) in [5.74, 6) is 0.832. The van der Waals surface area contributed by atoms with Crippen LogP contribution in [0.3, 0.4) is 0 Å². The van der Waals surface area contributed by atoms with E-state index in [0.717, 1.165) is 48.3 Å². The Kier molecular flexibility index (Phi) is 4.39. The highest BCUT2D eigenvalue weighted by atomic mass is 79.9. The van der Waals surface area contributed by atoms with Crippen LogP contribution in [0.25, 0.3) is 0 Å². The molecule has 2 aliphatic heterocycles. The summed E-state index contributed by atoms with van der Waals surface area (Å²) in [5, 5.41) is 0. The summed E-state index contributed by atoms with van der Waals surface area (Å²) in [7, 11) is 0. The van der Waals surface area contributed by atoms with E-state index < -0.39 is 5.72 Å². The van der Waals surface area contributed by atoms with Gasteiger partial charge in [0.15, 0.2) is 11.6 Å². The van der Waals surface area contributed by atoms with Crippen LogP contribution in [0.15, 0.2) is 64.1 Å². The molecule has 124 valence electrons. The number of hydrogen-bond acceptors (Lipinski definition) is 4. The number of benzene rings is 2. The second-order valence-corrected chi connectivity index (χ2v) is 7.30. The molecule has 1 spiro atoms. The van der Waals surface area contributed by atoms with E-state index in [1.807, 2.05) is 24.3 Å². The Morgan fingerprint density at radius 3 is 2.46 bits per heavy atom. The molecule has 0 amide bonds. The summed E-state index contributed by atoms with van der Waals surface area (Å²) in [6.07, 6.45) is 1.82. The van der Waals surface area contributed by atoms with E-state index in [0.29, 0.717) is 0 Å². The molecule has 1 fully saturated rings. The zero-order chi connectivity index (χ0) is 16.4. The Hall–Kier alpha value is -1.69. The monoisotopic (exact) mass is 385 g/mol.